The third-order valence-corrected chi connectivity index (χ3v) is 4.67. The third kappa shape index (κ3) is 3.10. The molecule has 0 saturated carbocycles. The fourth-order valence-corrected chi connectivity index (χ4v) is 3.14. The summed E-state index contributed by atoms with van der Waals surface area (Å²) in [7, 11) is 1.82. The molecule has 4 aromatic rings. The van der Waals surface area contributed by atoms with Crippen molar-refractivity contribution >= 4 is 16.9 Å². The van der Waals surface area contributed by atoms with Crippen molar-refractivity contribution in [2.75, 3.05) is 12.4 Å². The Morgan fingerprint density at radius 3 is 2.71 bits per heavy atom. The van der Waals surface area contributed by atoms with Crippen molar-refractivity contribution in [2.45, 2.75) is 6.92 Å². The summed E-state index contributed by atoms with van der Waals surface area (Å²) >= 11 is 0. The van der Waals surface area contributed by atoms with Crippen LogP contribution >= 0.6 is 0 Å². The molecule has 0 spiro atoms. The summed E-state index contributed by atoms with van der Waals surface area (Å²) in [6, 6.07) is 17.0. The summed E-state index contributed by atoms with van der Waals surface area (Å²) < 4.78 is 0. The minimum atomic E-state index is -0.207. The van der Waals surface area contributed by atoms with E-state index >= 15 is 0 Å². The Balaban J connectivity index is 2.04. The Kier molecular flexibility index (Phi) is 4.34. The molecule has 3 heterocycles. The summed E-state index contributed by atoms with van der Waals surface area (Å²) in [5.41, 5.74) is 5.14. The van der Waals surface area contributed by atoms with Crippen molar-refractivity contribution in [1.82, 2.24) is 15.0 Å². The number of nitrogens with zero attached hydrogens (tertiary/aromatic N) is 3. The molecule has 0 saturated heterocycles. The average Bonchev–Trinajstić information content (AvgIpc) is 2.73. The fraction of sp³-hybridized carbons (Fsp3) is 0.0909. The number of anilines is 1. The van der Waals surface area contributed by atoms with Gasteiger partial charge < -0.3 is 10.3 Å². The van der Waals surface area contributed by atoms with Gasteiger partial charge in [0.1, 0.15) is 11.5 Å². The minimum Gasteiger partial charge on any atom is -0.373 e. The van der Waals surface area contributed by atoms with Crippen LogP contribution in [0, 0.1) is 18.3 Å². The van der Waals surface area contributed by atoms with Crippen molar-refractivity contribution in [1.29, 1.82) is 5.26 Å². The number of H-pyrrole nitrogens is 1. The summed E-state index contributed by atoms with van der Waals surface area (Å²) in [5.74, 6) is 0.742. The van der Waals surface area contributed by atoms with Gasteiger partial charge in [0.25, 0.3) is 0 Å². The van der Waals surface area contributed by atoms with Gasteiger partial charge in [-0.3, -0.25) is 4.79 Å². The van der Waals surface area contributed by atoms with Crippen molar-refractivity contribution in [3.05, 3.63) is 76.2 Å². The Hall–Kier alpha value is -3.98. The summed E-state index contributed by atoms with van der Waals surface area (Å²) in [4.78, 5) is 23.6. The van der Waals surface area contributed by atoms with E-state index in [0.29, 0.717) is 16.9 Å². The lowest BCUT2D eigenvalue weighted by atomic mass is 9.96. The maximum Gasteiger partial charge on any atom is 0.249 e. The number of aromatic amines is 1. The molecule has 0 atom stereocenters. The number of hydrogen-bond acceptors (Lipinski definition) is 5. The summed E-state index contributed by atoms with van der Waals surface area (Å²) in [6.45, 7) is 1.90. The molecule has 136 valence electrons. The molecule has 0 radical (unpaired) electrons. The van der Waals surface area contributed by atoms with Gasteiger partial charge in [0.2, 0.25) is 5.56 Å². The first-order chi connectivity index (χ1) is 13.6. The third-order valence-electron chi connectivity index (χ3n) is 4.67. The Morgan fingerprint density at radius 2 is 1.93 bits per heavy atom. The number of nitriles is 1. The first-order valence-corrected chi connectivity index (χ1v) is 8.78. The second-order valence-electron chi connectivity index (χ2n) is 6.47. The van der Waals surface area contributed by atoms with Gasteiger partial charge in [-0.2, -0.15) is 5.26 Å². The number of pyridine rings is 3. The lowest BCUT2D eigenvalue weighted by Crippen LogP contribution is -2.04. The van der Waals surface area contributed by atoms with Gasteiger partial charge in [0.05, 0.1) is 17.3 Å². The normalized spacial score (nSPS) is 10.6. The van der Waals surface area contributed by atoms with Crippen LogP contribution < -0.4 is 10.9 Å². The van der Waals surface area contributed by atoms with Crippen molar-refractivity contribution in [3.8, 4) is 28.5 Å². The van der Waals surface area contributed by atoms with Crippen LogP contribution in [0.5, 0.6) is 0 Å². The lowest BCUT2D eigenvalue weighted by molar-refractivity contribution is 1.23. The molecule has 4 rings (SSSR count). The van der Waals surface area contributed by atoms with Crippen LogP contribution in [-0.4, -0.2) is 22.0 Å². The number of hydrogen-bond donors (Lipinski definition) is 2. The molecule has 0 amide bonds. The molecular weight excluding hydrogens is 350 g/mol. The van der Waals surface area contributed by atoms with E-state index in [4.69, 9.17) is 4.98 Å². The van der Waals surface area contributed by atoms with Crippen LogP contribution in [0.3, 0.4) is 0 Å². The van der Waals surface area contributed by atoms with Crippen molar-refractivity contribution in [3.63, 3.8) is 0 Å². The molecule has 0 bridgehead atoms. The number of nitrogens with one attached hydrogen (secondary N) is 2. The Bertz CT molecular complexity index is 1300. The van der Waals surface area contributed by atoms with Gasteiger partial charge >= 0.3 is 0 Å². The molecule has 0 fully saturated rings. The maximum absolute atomic E-state index is 11.8. The minimum absolute atomic E-state index is 0.207. The number of aromatic nitrogens is 3. The second-order valence-corrected chi connectivity index (χ2v) is 6.47. The summed E-state index contributed by atoms with van der Waals surface area (Å²) in [5, 5.41) is 13.3. The lowest BCUT2D eigenvalue weighted by Gasteiger charge is -2.13. The van der Waals surface area contributed by atoms with Crippen LogP contribution in [0.2, 0.25) is 0 Å². The smallest absolute Gasteiger partial charge is 0.249 e. The van der Waals surface area contributed by atoms with Gasteiger partial charge in [-0.25, -0.2) is 9.97 Å². The molecule has 1 aromatic carbocycles. The van der Waals surface area contributed by atoms with E-state index in [1.807, 2.05) is 50.4 Å². The molecule has 0 aliphatic heterocycles. The van der Waals surface area contributed by atoms with E-state index in [-0.39, 0.29) is 5.56 Å². The molecule has 0 aliphatic carbocycles. The quantitative estimate of drug-likeness (QED) is 0.573. The molecule has 0 aliphatic rings. The van der Waals surface area contributed by atoms with Crippen LogP contribution in [0.15, 0.2) is 59.5 Å². The molecule has 6 nitrogen and oxygen atoms in total. The second kappa shape index (κ2) is 6.97. The highest BCUT2D eigenvalue weighted by Crippen LogP contribution is 2.34. The number of rotatable bonds is 3. The highest BCUT2D eigenvalue weighted by atomic mass is 16.1. The molecular formula is C22H17N5O. The number of fused-ring (bicyclic) bond motifs is 1. The van der Waals surface area contributed by atoms with Gasteiger partial charge in [0, 0.05) is 35.8 Å². The predicted molar refractivity (Wildman–Crippen MR) is 110 cm³/mol. The van der Waals surface area contributed by atoms with E-state index < -0.39 is 0 Å². The van der Waals surface area contributed by atoms with Gasteiger partial charge in [0.15, 0.2) is 0 Å². The molecule has 2 N–H and O–H groups in total. The van der Waals surface area contributed by atoms with E-state index in [1.165, 1.54) is 6.07 Å². The zero-order valence-corrected chi connectivity index (χ0v) is 15.4. The summed E-state index contributed by atoms with van der Waals surface area (Å²) in [6.07, 6.45) is 1.73. The predicted octanol–water partition coefficient (Wildman–Crippen LogP) is 3.87. The zero-order valence-electron chi connectivity index (χ0n) is 15.4. The molecule has 0 unspecified atom stereocenters. The van der Waals surface area contributed by atoms with Crippen LogP contribution in [0.25, 0.3) is 33.4 Å². The molecule has 28 heavy (non-hydrogen) atoms. The van der Waals surface area contributed by atoms with Crippen LogP contribution in [0.4, 0.5) is 5.82 Å². The number of aryl methyl sites for hydroxylation is 1. The van der Waals surface area contributed by atoms with Gasteiger partial charge in [-0.1, -0.05) is 12.1 Å². The van der Waals surface area contributed by atoms with E-state index in [1.54, 1.807) is 12.3 Å². The Morgan fingerprint density at radius 1 is 1.07 bits per heavy atom. The van der Waals surface area contributed by atoms with Crippen LogP contribution in [-0.2, 0) is 0 Å². The average molecular weight is 367 g/mol. The monoisotopic (exact) mass is 367 g/mol. The van der Waals surface area contributed by atoms with Crippen molar-refractivity contribution in [2.24, 2.45) is 0 Å². The largest absolute Gasteiger partial charge is 0.373 e. The molecule has 6 heteroatoms. The topological polar surface area (TPSA) is 94.5 Å². The first-order valence-electron chi connectivity index (χ1n) is 8.78. The number of benzene rings is 1. The Labute approximate surface area is 161 Å². The highest BCUT2D eigenvalue weighted by molar-refractivity contribution is 5.90. The standard InChI is InChI=1S/C22H17N5O/c1-13-3-4-15(9-17(13)12-23)21-18(14-7-8-25-19(11-14)24-2)10-16-5-6-20(28)26-22(16)27-21/h3-11H,1-2H3,(H,24,25)(H,26,27,28). The first kappa shape index (κ1) is 17.4. The highest BCUT2D eigenvalue weighted by Gasteiger charge is 2.14. The van der Waals surface area contributed by atoms with Gasteiger partial charge in [-0.15, -0.1) is 0 Å². The van der Waals surface area contributed by atoms with E-state index in [2.05, 4.69) is 21.4 Å². The molecule has 3 aromatic heterocycles. The zero-order chi connectivity index (χ0) is 19.7. The fourth-order valence-electron chi connectivity index (χ4n) is 3.14. The maximum atomic E-state index is 11.8. The van der Waals surface area contributed by atoms with E-state index in [0.717, 1.165) is 33.5 Å². The SMILES string of the molecule is CNc1cc(-c2cc3ccc(=O)[nH]c3nc2-c2ccc(C)c(C#N)c2)ccn1. The van der Waals surface area contributed by atoms with Crippen LogP contribution in [0.1, 0.15) is 11.1 Å². The van der Waals surface area contributed by atoms with Crippen molar-refractivity contribution < 1.29 is 0 Å². The van der Waals surface area contributed by atoms with E-state index in [9.17, 15) is 10.1 Å². The van der Waals surface area contributed by atoms with Gasteiger partial charge in [-0.05, 0) is 48.4 Å².